The van der Waals surface area contributed by atoms with Crippen molar-refractivity contribution in [2.45, 2.75) is 71.3 Å². The Hall–Kier alpha value is -0.890. The number of rotatable bonds is 10. The van der Waals surface area contributed by atoms with Gasteiger partial charge < -0.3 is 5.32 Å². The zero-order valence-corrected chi connectivity index (χ0v) is 12.9. The normalized spacial score (nSPS) is 12.6. The summed E-state index contributed by atoms with van der Waals surface area (Å²) >= 11 is 0. The zero-order valence-electron chi connectivity index (χ0n) is 12.9. The van der Waals surface area contributed by atoms with Crippen LogP contribution in [0.1, 0.15) is 75.6 Å². The molecule has 1 atom stereocenters. The summed E-state index contributed by atoms with van der Waals surface area (Å²) in [5, 5.41) is 3.41. The minimum absolute atomic E-state index is 0.414. The van der Waals surface area contributed by atoms with Crippen molar-refractivity contribution in [2.24, 2.45) is 0 Å². The fraction of sp³-hybridized carbons (Fsp3) is 0.706. The van der Waals surface area contributed by atoms with Gasteiger partial charge in [-0.25, -0.2) is 0 Å². The van der Waals surface area contributed by atoms with Crippen LogP contribution in [0, 0.1) is 6.92 Å². The third-order valence-electron chi connectivity index (χ3n) is 3.82. The molecule has 2 heteroatoms. The van der Waals surface area contributed by atoms with Gasteiger partial charge in [0, 0.05) is 12.2 Å². The van der Waals surface area contributed by atoms with Crippen molar-refractivity contribution < 1.29 is 0 Å². The van der Waals surface area contributed by atoms with Crippen LogP contribution in [0.2, 0.25) is 0 Å². The number of nitrogens with zero attached hydrogens (tertiary/aromatic N) is 1. The van der Waals surface area contributed by atoms with E-state index in [9.17, 15) is 0 Å². The second kappa shape index (κ2) is 9.96. The van der Waals surface area contributed by atoms with Gasteiger partial charge in [0.1, 0.15) is 0 Å². The fourth-order valence-electron chi connectivity index (χ4n) is 2.59. The van der Waals surface area contributed by atoms with Crippen LogP contribution >= 0.6 is 0 Å². The Morgan fingerprint density at radius 2 is 1.79 bits per heavy atom. The molecule has 0 aliphatic carbocycles. The Bertz CT molecular complexity index is 336. The summed E-state index contributed by atoms with van der Waals surface area (Å²) in [6.45, 7) is 4.42. The number of nitrogens with one attached hydrogen (secondary N) is 1. The van der Waals surface area contributed by atoms with Gasteiger partial charge in [-0.1, -0.05) is 57.9 Å². The number of hydrogen-bond donors (Lipinski definition) is 1. The summed E-state index contributed by atoms with van der Waals surface area (Å²) in [4.78, 5) is 4.53. The summed E-state index contributed by atoms with van der Waals surface area (Å²) in [5.74, 6) is 0. The molecule has 0 saturated heterocycles. The molecule has 1 N–H and O–H groups in total. The van der Waals surface area contributed by atoms with E-state index in [1.807, 2.05) is 19.3 Å². The molecule has 1 aromatic heterocycles. The molecule has 1 aromatic rings. The molecular weight excluding hydrogens is 232 g/mol. The van der Waals surface area contributed by atoms with Crippen molar-refractivity contribution in [1.82, 2.24) is 10.3 Å². The minimum atomic E-state index is 0.414. The van der Waals surface area contributed by atoms with Gasteiger partial charge in [-0.2, -0.15) is 0 Å². The highest BCUT2D eigenvalue weighted by atomic mass is 14.9. The van der Waals surface area contributed by atoms with Gasteiger partial charge in [-0.15, -0.1) is 0 Å². The Morgan fingerprint density at radius 3 is 2.42 bits per heavy atom. The summed E-state index contributed by atoms with van der Waals surface area (Å²) in [6, 6.07) is 4.58. The first-order valence-electron chi connectivity index (χ1n) is 7.88. The van der Waals surface area contributed by atoms with Crippen molar-refractivity contribution in [2.75, 3.05) is 7.05 Å². The average Bonchev–Trinajstić information content (AvgIpc) is 2.43. The molecular formula is C17H30N2. The van der Waals surface area contributed by atoms with Crippen LogP contribution in [0.4, 0.5) is 0 Å². The maximum Gasteiger partial charge on any atom is 0.0602 e. The molecule has 0 amide bonds. The maximum absolute atomic E-state index is 4.53. The summed E-state index contributed by atoms with van der Waals surface area (Å²) in [6.07, 6.45) is 12.7. The SMILES string of the molecule is CCCCCCCCCC(NC)c1ncccc1C. The van der Waals surface area contributed by atoms with E-state index in [0.29, 0.717) is 6.04 Å². The van der Waals surface area contributed by atoms with Gasteiger partial charge in [0.2, 0.25) is 0 Å². The smallest absolute Gasteiger partial charge is 0.0602 e. The minimum Gasteiger partial charge on any atom is -0.312 e. The summed E-state index contributed by atoms with van der Waals surface area (Å²) in [5.41, 5.74) is 2.51. The molecule has 2 nitrogen and oxygen atoms in total. The number of aryl methyl sites for hydroxylation is 1. The van der Waals surface area contributed by atoms with Gasteiger partial charge in [-0.3, -0.25) is 4.98 Å². The number of pyridine rings is 1. The van der Waals surface area contributed by atoms with E-state index in [2.05, 4.69) is 30.2 Å². The van der Waals surface area contributed by atoms with Crippen LogP contribution in [0.15, 0.2) is 18.3 Å². The topological polar surface area (TPSA) is 24.9 Å². The van der Waals surface area contributed by atoms with Gasteiger partial charge >= 0.3 is 0 Å². The Labute approximate surface area is 119 Å². The van der Waals surface area contributed by atoms with Crippen LogP contribution in [0.5, 0.6) is 0 Å². The van der Waals surface area contributed by atoms with Crippen LogP contribution in [0.25, 0.3) is 0 Å². The third-order valence-corrected chi connectivity index (χ3v) is 3.82. The lowest BCUT2D eigenvalue weighted by Gasteiger charge is -2.17. The molecule has 0 aliphatic heterocycles. The molecule has 1 unspecified atom stereocenters. The van der Waals surface area contributed by atoms with Gasteiger partial charge in [0.05, 0.1) is 5.69 Å². The van der Waals surface area contributed by atoms with Crippen LogP contribution < -0.4 is 5.32 Å². The molecule has 0 fully saturated rings. The van der Waals surface area contributed by atoms with Crippen molar-refractivity contribution >= 4 is 0 Å². The molecule has 0 aliphatic rings. The van der Waals surface area contributed by atoms with Crippen LogP contribution in [0.3, 0.4) is 0 Å². The lowest BCUT2D eigenvalue weighted by molar-refractivity contribution is 0.486. The first-order valence-corrected chi connectivity index (χ1v) is 7.88. The van der Waals surface area contributed by atoms with Crippen LogP contribution in [-0.4, -0.2) is 12.0 Å². The number of aromatic nitrogens is 1. The van der Waals surface area contributed by atoms with Gasteiger partial charge in [0.15, 0.2) is 0 Å². The quantitative estimate of drug-likeness (QED) is 0.613. The molecule has 1 rings (SSSR count). The highest BCUT2D eigenvalue weighted by Gasteiger charge is 2.12. The fourth-order valence-corrected chi connectivity index (χ4v) is 2.59. The van der Waals surface area contributed by atoms with E-state index in [1.165, 1.54) is 62.6 Å². The Balaban J connectivity index is 2.24. The number of hydrogen-bond acceptors (Lipinski definition) is 2. The lowest BCUT2D eigenvalue weighted by Crippen LogP contribution is -2.18. The van der Waals surface area contributed by atoms with E-state index in [0.717, 1.165) is 0 Å². The van der Waals surface area contributed by atoms with E-state index < -0.39 is 0 Å². The number of unbranched alkanes of at least 4 members (excludes halogenated alkanes) is 6. The predicted octanol–water partition coefficient (Wildman–Crippen LogP) is 4.79. The zero-order chi connectivity index (χ0) is 13.9. The van der Waals surface area contributed by atoms with E-state index in [4.69, 9.17) is 0 Å². The van der Waals surface area contributed by atoms with Crippen molar-refractivity contribution in [3.63, 3.8) is 0 Å². The highest BCUT2D eigenvalue weighted by Crippen LogP contribution is 2.21. The second-order valence-corrected chi connectivity index (χ2v) is 5.46. The second-order valence-electron chi connectivity index (χ2n) is 5.46. The third kappa shape index (κ3) is 6.20. The van der Waals surface area contributed by atoms with Crippen molar-refractivity contribution in [3.05, 3.63) is 29.6 Å². The van der Waals surface area contributed by atoms with E-state index in [1.54, 1.807) is 0 Å². The molecule has 19 heavy (non-hydrogen) atoms. The maximum atomic E-state index is 4.53. The van der Waals surface area contributed by atoms with Crippen molar-refractivity contribution in [3.8, 4) is 0 Å². The molecule has 0 spiro atoms. The molecule has 0 aromatic carbocycles. The van der Waals surface area contributed by atoms with Gasteiger partial charge in [-0.05, 0) is 32.0 Å². The monoisotopic (exact) mass is 262 g/mol. The molecule has 1 heterocycles. The van der Waals surface area contributed by atoms with Crippen LogP contribution in [-0.2, 0) is 0 Å². The molecule has 108 valence electrons. The van der Waals surface area contributed by atoms with E-state index >= 15 is 0 Å². The first kappa shape index (κ1) is 16.2. The Kier molecular flexibility index (Phi) is 8.48. The van der Waals surface area contributed by atoms with Gasteiger partial charge in [0.25, 0.3) is 0 Å². The lowest BCUT2D eigenvalue weighted by atomic mass is 10.0. The van der Waals surface area contributed by atoms with Crippen molar-refractivity contribution in [1.29, 1.82) is 0 Å². The predicted molar refractivity (Wildman–Crippen MR) is 83.4 cm³/mol. The Morgan fingerprint density at radius 1 is 1.11 bits per heavy atom. The summed E-state index contributed by atoms with van der Waals surface area (Å²) < 4.78 is 0. The van der Waals surface area contributed by atoms with E-state index in [-0.39, 0.29) is 0 Å². The molecule has 0 saturated carbocycles. The first-order chi connectivity index (χ1) is 9.29. The standard InChI is InChI=1S/C17H30N2/c1-4-5-6-7-8-9-10-13-16(18-3)17-15(2)12-11-14-19-17/h11-12,14,16,18H,4-10,13H2,1-3H3. The molecule has 0 radical (unpaired) electrons. The molecule has 0 bridgehead atoms. The summed E-state index contributed by atoms with van der Waals surface area (Å²) in [7, 11) is 2.04. The average molecular weight is 262 g/mol. The largest absolute Gasteiger partial charge is 0.312 e. The highest BCUT2D eigenvalue weighted by molar-refractivity contribution is 5.20.